The van der Waals surface area contributed by atoms with Gasteiger partial charge in [0, 0.05) is 31.4 Å². The van der Waals surface area contributed by atoms with Gasteiger partial charge in [0.25, 0.3) is 0 Å². The second-order valence-corrected chi connectivity index (χ2v) is 5.13. The van der Waals surface area contributed by atoms with E-state index in [-0.39, 0.29) is 12.4 Å². The average molecular weight is 295 g/mol. The van der Waals surface area contributed by atoms with Gasteiger partial charge in [-0.3, -0.25) is 4.90 Å². The molecule has 2 rings (SSSR count). The lowest BCUT2D eigenvalue weighted by Crippen LogP contribution is -2.20. The molecule has 1 aromatic rings. The Bertz CT molecular complexity index is 306. The molecule has 4 heteroatoms. The molecular formula is C13H18Cl3N. The molecule has 96 valence electrons. The smallest absolute Gasteiger partial charge is 0.0267 e. The van der Waals surface area contributed by atoms with E-state index in [1.807, 2.05) is 0 Å². The maximum Gasteiger partial charge on any atom is 0.0267 e. The van der Waals surface area contributed by atoms with E-state index >= 15 is 0 Å². The fourth-order valence-electron chi connectivity index (χ4n) is 2.36. The fraction of sp³-hybridized carbons (Fsp3) is 0.538. The Labute approximate surface area is 119 Å². The summed E-state index contributed by atoms with van der Waals surface area (Å²) in [6, 6.07) is 10.6. The summed E-state index contributed by atoms with van der Waals surface area (Å²) >= 11 is 11.9. The third kappa shape index (κ3) is 4.03. The van der Waals surface area contributed by atoms with E-state index in [1.54, 1.807) is 0 Å². The molecule has 0 radical (unpaired) electrons. The lowest BCUT2D eigenvalue weighted by atomic mass is 10.0. The van der Waals surface area contributed by atoms with Gasteiger partial charge in [-0.25, -0.2) is 0 Å². The van der Waals surface area contributed by atoms with Crippen molar-refractivity contribution in [2.45, 2.75) is 6.54 Å². The highest BCUT2D eigenvalue weighted by Crippen LogP contribution is 2.26. The van der Waals surface area contributed by atoms with Gasteiger partial charge in [-0.15, -0.1) is 35.6 Å². The molecular weight excluding hydrogens is 277 g/mol. The summed E-state index contributed by atoms with van der Waals surface area (Å²) < 4.78 is 0. The van der Waals surface area contributed by atoms with Gasteiger partial charge in [0.2, 0.25) is 0 Å². The topological polar surface area (TPSA) is 3.24 Å². The first-order chi connectivity index (χ1) is 7.83. The molecule has 0 N–H and O–H groups in total. The molecule has 0 aromatic heterocycles. The minimum atomic E-state index is 0. The van der Waals surface area contributed by atoms with E-state index in [0.29, 0.717) is 11.8 Å². The zero-order valence-corrected chi connectivity index (χ0v) is 12.0. The first-order valence-corrected chi connectivity index (χ1v) is 6.78. The van der Waals surface area contributed by atoms with Crippen LogP contribution in [-0.2, 0) is 6.54 Å². The molecule has 0 spiro atoms. The predicted octanol–water partition coefficient (Wildman–Crippen LogP) is 3.63. The predicted molar refractivity (Wildman–Crippen MR) is 77.4 cm³/mol. The number of hydrogen-bond donors (Lipinski definition) is 0. The van der Waals surface area contributed by atoms with Crippen molar-refractivity contribution in [1.82, 2.24) is 4.90 Å². The number of benzene rings is 1. The van der Waals surface area contributed by atoms with Crippen LogP contribution in [0.15, 0.2) is 30.3 Å². The van der Waals surface area contributed by atoms with Crippen molar-refractivity contribution < 1.29 is 0 Å². The molecule has 2 atom stereocenters. The molecule has 0 unspecified atom stereocenters. The molecule has 1 heterocycles. The SMILES string of the molecule is Cl.ClC[C@@H]1CN(Cc2ccccc2)C[C@@H]1CCl. The van der Waals surface area contributed by atoms with Crippen LogP contribution in [0.1, 0.15) is 5.56 Å². The largest absolute Gasteiger partial charge is 0.298 e. The molecule has 1 saturated heterocycles. The van der Waals surface area contributed by atoms with Crippen LogP contribution in [0.2, 0.25) is 0 Å². The van der Waals surface area contributed by atoms with E-state index in [9.17, 15) is 0 Å². The van der Waals surface area contributed by atoms with Crippen LogP contribution in [-0.4, -0.2) is 29.7 Å². The highest BCUT2D eigenvalue weighted by molar-refractivity contribution is 6.19. The zero-order valence-electron chi connectivity index (χ0n) is 9.69. The summed E-state index contributed by atoms with van der Waals surface area (Å²) in [6.07, 6.45) is 0. The Morgan fingerprint density at radius 2 is 1.53 bits per heavy atom. The number of likely N-dealkylation sites (tertiary alicyclic amines) is 1. The number of hydrogen-bond acceptors (Lipinski definition) is 1. The Morgan fingerprint density at radius 1 is 1.00 bits per heavy atom. The number of rotatable bonds is 4. The number of halogens is 3. The van der Waals surface area contributed by atoms with Gasteiger partial charge in [0.05, 0.1) is 0 Å². The quantitative estimate of drug-likeness (QED) is 0.767. The molecule has 1 fully saturated rings. The lowest BCUT2D eigenvalue weighted by Gasteiger charge is -2.15. The first kappa shape index (κ1) is 15.1. The van der Waals surface area contributed by atoms with Gasteiger partial charge in [-0.1, -0.05) is 30.3 Å². The van der Waals surface area contributed by atoms with Crippen molar-refractivity contribution in [2.24, 2.45) is 11.8 Å². The average Bonchev–Trinajstić information content (AvgIpc) is 2.72. The molecule has 1 aliphatic rings. The molecule has 0 saturated carbocycles. The second-order valence-electron chi connectivity index (χ2n) is 4.51. The summed E-state index contributed by atoms with van der Waals surface area (Å²) in [5.41, 5.74) is 1.37. The van der Waals surface area contributed by atoms with Crippen molar-refractivity contribution in [3.8, 4) is 0 Å². The van der Waals surface area contributed by atoms with Gasteiger partial charge in [-0.2, -0.15) is 0 Å². The summed E-state index contributed by atoms with van der Waals surface area (Å²) in [5.74, 6) is 2.57. The van der Waals surface area contributed by atoms with E-state index in [1.165, 1.54) is 5.56 Å². The molecule has 0 bridgehead atoms. The minimum Gasteiger partial charge on any atom is -0.298 e. The number of alkyl halides is 2. The fourth-order valence-corrected chi connectivity index (χ4v) is 3.06. The van der Waals surface area contributed by atoms with E-state index < -0.39 is 0 Å². The van der Waals surface area contributed by atoms with Crippen molar-refractivity contribution in [3.63, 3.8) is 0 Å². The van der Waals surface area contributed by atoms with Gasteiger partial charge < -0.3 is 0 Å². The van der Waals surface area contributed by atoms with Crippen LogP contribution < -0.4 is 0 Å². The Hall–Kier alpha value is 0.0500. The summed E-state index contributed by atoms with van der Waals surface area (Å²) in [5, 5.41) is 0. The van der Waals surface area contributed by atoms with Crippen molar-refractivity contribution in [1.29, 1.82) is 0 Å². The molecule has 1 aromatic carbocycles. The number of nitrogens with zero attached hydrogens (tertiary/aromatic N) is 1. The van der Waals surface area contributed by atoms with Gasteiger partial charge in [0.1, 0.15) is 0 Å². The second kappa shape index (κ2) is 7.48. The van der Waals surface area contributed by atoms with Gasteiger partial charge >= 0.3 is 0 Å². The van der Waals surface area contributed by atoms with Crippen molar-refractivity contribution in [2.75, 3.05) is 24.8 Å². The monoisotopic (exact) mass is 293 g/mol. The van der Waals surface area contributed by atoms with Crippen LogP contribution in [0.4, 0.5) is 0 Å². The minimum absolute atomic E-state index is 0. The van der Waals surface area contributed by atoms with Crippen LogP contribution in [0.5, 0.6) is 0 Å². The Morgan fingerprint density at radius 3 is 2.00 bits per heavy atom. The lowest BCUT2D eigenvalue weighted by molar-refractivity contribution is 0.316. The Balaban J connectivity index is 0.00000144. The third-order valence-corrected chi connectivity index (χ3v) is 4.09. The van der Waals surface area contributed by atoms with Crippen LogP contribution in [0, 0.1) is 11.8 Å². The standard InChI is InChI=1S/C13H17Cl2N.ClH/c14-6-12-9-16(10-13(12)7-15)8-11-4-2-1-3-5-11;/h1-5,12-13H,6-10H2;1H/t12-,13+;. The van der Waals surface area contributed by atoms with Gasteiger partial charge in [-0.05, 0) is 17.4 Å². The summed E-state index contributed by atoms with van der Waals surface area (Å²) in [6.45, 7) is 3.17. The normalized spacial score (nSPS) is 24.6. The van der Waals surface area contributed by atoms with Crippen LogP contribution >= 0.6 is 35.6 Å². The molecule has 0 amide bonds. The van der Waals surface area contributed by atoms with E-state index in [2.05, 4.69) is 35.2 Å². The molecule has 0 aliphatic carbocycles. The van der Waals surface area contributed by atoms with Crippen molar-refractivity contribution in [3.05, 3.63) is 35.9 Å². The maximum atomic E-state index is 5.96. The Kier molecular flexibility index (Phi) is 6.65. The van der Waals surface area contributed by atoms with Crippen LogP contribution in [0.3, 0.4) is 0 Å². The van der Waals surface area contributed by atoms with E-state index in [4.69, 9.17) is 23.2 Å². The third-order valence-electron chi connectivity index (χ3n) is 3.30. The summed E-state index contributed by atoms with van der Waals surface area (Å²) in [7, 11) is 0. The van der Waals surface area contributed by atoms with Gasteiger partial charge in [0.15, 0.2) is 0 Å². The van der Waals surface area contributed by atoms with E-state index in [0.717, 1.165) is 31.4 Å². The highest BCUT2D eigenvalue weighted by Gasteiger charge is 2.31. The highest BCUT2D eigenvalue weighted by atomic mass is 35.5. The maximum absolute atomic E-state index is 5.96. The zero-order chi connectivity index (χ0) is 11.4. The summed E-state index contributed by atoms with van der Waals surface area (Å²) in [4.78, 5) is 2.45. The first-order valence-electron chi connectivity index (χ1n) is 5.71. The molecule has 1 nitrogen and oxygen atoms in total. The molecule has 17 heavy (non-hydrogen) atoms. The molecule has 1 aliphatic heterocycles. The van der Waals surface area contributed by atoms with Crippen molar-refractivity contribution >= 4 is 35.6 Å². The van der Waals surface area contributed by atoms with Crippen LogP contribution in [0.25, 0.3) is 0 Å².